The van der Waals surface area contributed by atoms with E-state index in [2.05, 4.69) is 10.2 Å². The SMILES string of the molecule is CCOC(=O)[C@@H](Cc1ccc(OCCN[C@H]2C3CN(Cc4ccc(C(F)(F)F)cc4)C[C@@H]32)cc1)OCC. The van der Waals surface area contributed by atoms with Gasteiger partial charge in [-0.2, -0.15) is 13.2 Å². The van der Waals surface area contributed by atoms with E-state index in [-0.39, 0.29) is 5.97 Å². The van der Waals surface area contributed by atoms with Gasteiger partial charge in [-0.05, 0) is 61.1 Å². The van der Waals surface area contributed by atoms with Crippen molar-refractivity contribution in [3.63, 3.8) is 0 Å². The topological polar surface area (TPSA) is 60.0 Å². The molecule has 0 spiro atoms. The highest BCUT2D eigenvalue weighted by molar-refractivity contribution is 5.75. The number of benzene rings is 2. The molecule has 1 saturated carbocycles. The second kappa shape index (κ2) is 12.3. The van der Waals surface area contributed by atoms with Crippen LogP contribution in [0.4, 0.5) is 13.2 Å². The lowest BCUT2D eigenvalue weighted by molar-refractivity contribution is -0.156. The van der Waals surface area contributed by atoms with Gasteiger partial charge in [0.1, 0.15) is 12.4 Å². The van der Waals surface area contributed by atoms with Crippen LogP contribution in [0.5, 0.6) is 5.75 Å². The molecule has 202 valence electrons. The molecule has 4 atom stereocenters. The molecule has 0 bridgehead atoms. The standard InChI is InChI=1S/C28H35F3N2O4/c1-3-35-25(27(34)36-4-2)15-19-7-11-22(12-8-19)37-14-13-32-26-23-17-33(18-24(23)26)16-20-5-9-21(10-6-20)28(29,30)31/h5-12,23-26,32H,3-4,13-18H2,1-2H3/t23-,24?,25+,26+/m0/s1. The van der Waals surface area contributed by atoms with Crippen LogP contribution in [0.15, 0.2) is 48.5 Å². The van der Waals surface area contributed by atoms with Gasteiger partial charge >= 0.3 is 12.1 Å². The van der Waals surface area contributed by atoms with Crippen LogP contribution in [0.3, 0.4) is 0 Å². The molecule has 1 heterocycles. The smallest absolute Gasteiger partial charge is 0.416 e. The van der Waals surface area contributed by atoms with Gasteiger partial charge in [0.25, 0.3) is 0 Å². The first-order chi connectivity index (χ1) is 17.8. The molecule has 37 heavy (non-hydrogen) atoms. The van der Waals surface area contributed by atoms with Crippen LogP contribution in [0, 0.1) is 11.8 Å². The third kappa shape index (κ3) is 7.46. The van der Waals surface area contributed by atoms with Crippen molar-refractivity contribution in [3.05, 3.63) is 65.2 Å². The number of carbonyl (C=O) groups is 1. The third-order valence-electron chi connectivity index (χ3n) is 6.97. The minimum Gasteiger partial charge on any atom is -0.492 e. The molecule has 0 amide bonds. The first-order valence-electron chi connectivity index (χ1n) is 12.9. The van der Waals surface area contributed by atoms with Crippen molar-refractivity contribution in [3.8, 4) is 5.75 Å². The van der Waals surface area contributed by atoms with Gasteiger partial charge in [-0.1, -0.05) is 24.3 Å². The lowest BCUT2D eigenvalue weighted by Crippen LogP contribution is -2.33. The van der Waals surface area contributed by atoms with Crippen LogP contribution in [0.1, 0.15) is 30.5 Å². The van der Waals surface area contributed by atoms with Crippen LogP contribution in [0.25, 0.3) is 0 Å². The Morgan fingerprint density at radius 2 is 1.65 bits per heavy atom. The van der Waals surface area contributed by atoms with Gasteiger partial charge in [0.05, 0.1) is 12.2 Å². The maximum Gasteiger partial charge on any atom is 0.416 e. The summed E-state index contributed by atoms with van der Waals surface area (Å²) < 4.78 is 54.7. The average molecular weight is 521 g/mol. The zero-order chi connectivity index (χ0) is 26.4. The van der Waals surface area contributed by atoms with Crippen LogP contribution >= 0.6 is 0 Å². The number of ether oxygens (including phenoxy) is 3. The first-order valence-corrected chi connectivity index (χ1v) is 12.9. The fourth-order valence-corrected chi connectivity index (χ4v) is 5.08. The Morgan fingerprint density at radius 1 is 1.00 bits per heavy atom. The Hall–Kier alpha value is -2.62. The van der Waals surface area contributed by atoms with Crippen molar-refractivity contribution in [2.45, 2.75) is 45.1 Å². The van der Waals surface area contributed by atoms with Crippen LogP contribution in [-0.2, 0) is 33.4 Å². The second-order valence-corrected chi connectivity index (χ2v) is 9.59. The number of alkyl halides is 3. The lowest BCUT2D eigenvalue weighted by atomic mass is 10.1. The summed E-state index contributed by atoms with van der Waals surface area (Å²) in [5, 5.41) is 3.57. The molecule has 1 N–H and O–H groups in total. The van der Waals surface area contributed by atoms with Crippen molar-refractivity contribution in [2.75, 3.05) is 39.5 Å². The van der Waals surface area contributed by atoms with Gasteiger partial charge in [0.15, 0.2) is 6.10 Å². The van der Waals surface area contributed by atoms with Crippen molar-refractivity contribution in [1.82, 2.24) is 10.2 Å². The minimum absolute atomic E-state index is 0.326. The lowest BCUT2D eigenvalue weighted by Gasteiger charge is -2.20. The average Bonchev–Trinajstić information content (AvgIpc) is 3.32. The van der Waals surface area contributed by atoms with E-state index in [1.807, 2.05) is 31.2 Å². The number of piperidine rings is 1. The molecule has 1 unspecified atom stereocenters. The number of esters is 1. The molecule has 4 rings (SSSR count). The van der Waals surface area contributed by atoms with Crippen molar-refractivity contribution in [1.29, 1.82) is 0 Å². The normalized spacial score (nSPS) is 21.9. The Labute approximate surface area is 216 Å². The van der Waals surface area contributed by atoms with Crippen molar-refractivity contribution < 1.29 is 32.2 Å². The number of hydrogen-bond acceptors (Lipinski definition) is 6. The molecule has 0 radical (unpaired) electrons. The van der Waals surface area contributed by atoms with Gasteiger partial charge in [0.2, 0.25) is 0 Å². The van der Waals surface area contributed by atoms with E-state index in [1.165, 1.54) is 0 Å². The number of halogens is 3. The number of carbonyl (C=O) groups excluding carboxylic acids is 1. The maximum atomic E-state index is 12.7. The van der Waals surface area contributed by atoms with E-state index in [9.17, 15) is 18.0 Å². The van der Waals surface area contributed by atoms with E-state index < -0.39 is 17.8 Å². The molecule has 1 aliphatic heterocycles. The quantitative estimate of drug-likeness (QED) is 0.314. The molecular formula is C28H35F3N2O4. The zero-order valence-corrected chi connectivity index (χ0v) is 21.3. The summed E-state index contributed by atoms with van der Waals surface area (Å²) in [6.45, 7) is 8.29. The summed E-state index contributed by atoms with van der Waals surface area (Å²) in [7, 11) is 0. The Balaban J connectivity index is 1.12. The number of nitrogens with one attached hydrogen (secondary N) is 1. The molecule has 2 aromatic rings. The number of rotatable bonds is 13. The molecule has 6 nitrogen and oxygen atoms in total. The van der Waals surface area contributed by atoms with Gasteiger partial charge in [-0.3, -0.25) is 4.90 Å². The van der Waals surface area contributed by atoms with Gasteiger partial charge in [-0.25, -0.2) is 4.79 Å². The maximum absolute atomic E-state index is 12.7. The molecule has 2 aliphatic rings. The third-order valence-corrected chi connectivity index (χ3v) is 6.97. The summed E-state index contributed by atoms with van der Waals surface area (Å²) in [6, 6.07) is 13.6. The molecule has 2 fully saturated rings. The van der Waals surface area contributed by atoms with Gasteiger partial charge < -0.3 is 19.5 Å². The number of likely N-dealkylation sites (tertiary alicyclic amines) is 1. The van der Waals surface area contributed by atoms with Gasteiger partial charge in [0, 0.05) is 45.2 Å². The van der Waals surface area contributed by atoms with E-state index >= 15 is 0 Å². The van der Waals surface area contributed by atoms with Crippen LogP contribution in [0.2, 0.25) is 0 Å². The highest BCUT2D eigenvalue weighted by atomic mass is 19.4. The predicted octanol–water partition coefficient (Wildman–Crippen LogP) is 4.31. The summed E-state index contributed by atoms with van der Waals surface area (Å²) in [5.74, 6) is 1.61. The Morgan fingerprint density at radius 3 is 2.24 bits per heavy atom. The summed E-state index contributed by atoms with van der Waals surface area (Å²) in [4.78, 5) is 14.3. The Bertz CT molecular complexity index is 1000. The van der Waals surface area contributed by atoms with Crippen LogP contribution in [-0.4, -0.2) is 62.5 Å². The van der Waals surface area contributed by atoms with E-state index in [0.29, 0.717) is 50.7 Å². The fourth-order valence-electron chi connectivity index (χ4n) is 5.08. The largest absolute Gasteiger partial charge is 0.492 e. The molecular weight excluding hydrogens is 485 g/mol. The summed E-state index contributed by atoms with van der Waals surface area (Å²) >= 11 is 0. The number of nitrogens with zero attached hydrogens (tertiary/aromatic N) is 1. The first kappa shape index (κ1) is 27.4. The predicted molar refractivity (Wildman–Crippen MR) is 133 cm³/mol. The van der Waals surface area contributed by atoms with E-state index in [1.54, 1.807) is 19.1 Å². The molecule has 0 aromatic heterocycles. The van der Waals surface area contributed by atoms with Crippen molar-refractivity contribution >= 4 is 5.97 Å². The number of hydrogen-bond donors (Lipinski definition) is 1. The molecule has 2 aromatic carbocycles. The molecule has 1 saturated heterocycles. The van der Waals surface area contributed by atoms with Crippen LogP contribution < -0.4 is 10.1 Å². The zero-order valence-electron chi connectivity index (χ0n) is 21.3. The highest BCUT2D eigenvalue weighted by Crippen LogP contribution is 2.45. The second-order valence-electron chi connectivity index (χ2n) is 9.59. The molecule has 1 aliphatic carbocycles. The Kier molecular flexibility index (Phi) is 9.10. The number of fused-ring (bicyclic) bond motifs is 1. The summed E-state index contributed by atoms with van der Waals surface area (Å²) in [6.07, 6.45) is -4.45. The van der Waals surface area contributed by atoms with E-state index in [0.717, 1.165) is 48.6 Å². The highest BCUT2D eigenvalue weighted by Gasteiger charge is 2.55. The van der Waals surface area contributed by atoms with E-state index in [4.69, 9.17) is 14.2 Å². The van der Waals surface area contributed by atoms with Crippen molar-refractivity contribution in [2.24, 2.45) is 11.8 Å². The van der Waals surface area contributed by atoms with Gasteiger partial charge in [-0.15, -0.1) is 0 Å². The summed E-state index contributed by atoms with van der Waals surface area (Å²) in [5.41, 5.74) is 1.28. The fraction of sp³-hybridized carbons (Fsp3) is 0.536. The minimum atomic E-state index is -4.29. The monoisotopic (exact) mass is 520 g/mol. The molecule has 9 heteroatoms.